The second kappa shape index (κ2) is 11.5. The van der Waals surface area contributed by atoms with Gasteiger partial charge in [-0.15, -0.1) is 0 Å². The fourth-order valence-corrected chi connectivity index (χ4v) is 6.51. The molecule has 38 heavy (non-hydrogen) atoms. The third-order valence-electron chi connectivity index (χ3n) is 7.48. The molecule has 1 amide bonds. The summed E-state index contributed by atoms with van der Waals surface area (Å²) in [5.41, 5.74) is 1.46. The molecule has 3 aliphatic rings. The van der Waals surface area contributed by atoms with Crippen LogP contribution in [0.4, 0.5) is 11.6 Å². The van der Waals surface area contributed by atoms with Crippen LogP contribution in [-0.4, -0.2) is 88.0 Å². The smallest absolute Gasteiger partial charge is 0.242 e. The minimum Gasteiger partial charge on any atom is -0.356 e. The van der Waals surface area contributed by atoms with Gasteiger partial charge in [0.1, 0.15) is 16.5 Å². The van der Waals surface area contributed by atoms with E-state index in [-0.39, 0.29) is 29.6 Å². The number of nitrogens with one attached hydrogen (secondary N) is 1. The van der Waals surface area contributed by atoms with Crippen molar-refractivity contribution in [3.63, 3.8) is 0 Å². The van der Waals surface area contributed by atoms with Crippen molar-refractivity contribution in [1.82, 2.24) is 19.6 Å². The summed E-state index contributed by atoms with van der Waals surface area (Å²) in [7, 11) is -3.76. The molecule has 3 aliphatic heterocycles. The first-order valence-corrected chi connectivity index (χ1v) is 14.7. The van der Waals surface area contributed by atoms with Crippen molar-refractivity contribution in [3.05, 3.63) is 41.7 Å². The minimum atomic E-state index is -3.76. The monoisotopic (exact) mass is 544 g/mol. The number of ether oxygens (including phenoxy) is 2. The number of sulfonamides is 1. The number of hydrogen-bond donors (Lipinski definition) is 1. The quantitative estimate of drug-likeness (QED) is 0.554. The van der Waals surface area contributed by atoms with Crippen molar-refractivity contribution >= 4 is 27.6 Å². The fourth-order valence-electron chi connectivity index (χ4n) is 5.32. The van der Waals surface area contributed by atoms with E-state index in [1.165, 1.54) is 6.20 Å². The molecule has 3 saturated heterocycles. The first-order chi connectivity index (χ1) is 18.3. The van der Waals surface area contributed by atoms with Crippen LogP contribution in [-0.2, 0) is 30.8 Å². The predicted octanol–water partition coefficient (Wildman–Crippen LogP) is 1.52. The molecule has 0 spiro atoms. The van der Waals surface area contributed by atoms with Crippen LogP contribution >= 0.6 is 0 Å². The average molecular weight is 545 g/mol. The molecule has 11 nitrogen and oxygen atoms in total. The predicted molar refractivity (Wildman–Crippen MR) is 142 cm³/mol. The first kappa shape index (κ1) is 26.8. The Morgan fingerprint density at radius 2 is 1.79 bits per heavy atom. The van der Waals surface area contributed by atoms with Gasteiger partial charge in [-0.25, -0.2) is 23.1 Å². The van der Waals surface area contributed by atoms with Gasteiger partial charge in [0.25, 0.3) is 0 Å². The van der Waals surface area contributed by atoms with Gasteiger partial charge in [0.05, 0.1) is 13.2 Å². The number of piperazine rings is 1. The molecule has 2 aromatic rings. The van der Waals surface area contributed by atoms with Gasteiger partial charge in [0.15, 0.2) is 6.29 Å². The molecular formula is C26H36N6O5S. The largest absolute Gasteiger partial charge is 0.356 e. The number of pyridine rings is 2. The van der Waals surface area contributed by atoms with Gasteiger partial charge in [-0.05, 0) is 49.1 Å². The maximum atomic E-state index is 13.2. The van der Waals surface area contributed by atoms with Gasteiger partial charge < -0.3 is 24.2 Å². The minimum absolute atomic E-state index is 0.0759. The van der Waals surface area contributed by atoms with Gasteiger partial charge in [-0.2, -0.15) is 0 Å². The molecule has 1 unspecified atom stereocenters. The highest BCUT2D eigenvalue weighted by Gasteiger charge is 2.32. The van der Waals surface area contributed by atoms with Crippen LogP contribution in [0.25, 0.3) is 0 Å². The van der Waals surface area contributed by atoms with Crippen molar-refractivity contribution in [1.29, 1.82) is 0 Å². The normalized spacial score (nSPS) is 21.2. The molecule has 0 saturated carbocycles. The molecule has 2 aromatic heterocycles. The van der Waals surface area contributed by atoms with Crippen LogP contribution in [0.3, 0.4) is 0 Å². The van der Waals surface area contributed by atoms with E-state index in [0.717, 1.165) is 43.1 Å². The molecule has 0 radical (unpaired) electrons. The maximum Gasteiger partial charge on any atom is 0.242 e. The van der Waals surface area contributed by atoms with E-state index < -0.39 is 10.0 Å². The lowest BCUT2D eigenvalue weighted by Gasteiger charge is -2.35. The van der Waals surface area contributed by atoms with Crippen molar-refractivity contribution < 1.29 is 22.7 Å². The third kappa shape index (κ3) is 6.09. The van der Waals surface area contributed by atoms with Crippen molar-refractivity contribution in [3.8, 4) is 0 Å². The van der Waals surface area contributed by atoms with E-state index in [9.17, 15) is 13.2 Å². The summed E-state index contributed by atoms with van der Waals surface area (Å²) in [6, 6.07) is 5.54. The molecular weight excluding hydrogens is 508 g/mol. The average Bonchev–Trinajstić information content (AvgIpc) is 3.47. The zero-order chi connectivity index (χ0) is 26.7. The second-order valence-corrected chi connectivity index (χ2v) is 11.8. The number of amides is 1. The number of hydrogen-bond acceptors (Lipinski definition) is 9. The number of carbonyl (C=O) groups excluding carboxylic acids is 1. The lowest BCUT2D eigenvalue weighted by molar-refractivity contribution is -0.129. The molecule has 1 atom stereocenters. The fraction of sp³-hybridized carbons (Fsp3) is 0.577. The van der Waals surface area contributed by atoms with Crippen LogP contribution in [0.5, 0.6) is 0 Å². The molecule has 5 heterocycles. The van der Waals surface area contributed by atoms with Crippen LogP contribution in [0.1, 0.15) is 30.9 Å². The lowest BCUT2D eigenvalue weighted by Crippen LogP contribution is -2.48. The lowest BCUT2D eigenvalue weighted by atomic mass is 9.97. The molecule has 0 aliphatic carbocycles. The Morgan fingerprint density at radius 1 is 1.05 bits per heavy atom. The van der Waals surface area contributed by atoms with E-state index in [0.29, 0.717) is 45.0 Å². The third-order valence-corrected chi connectivity index (χ3v) is 9.01. The number of rotatable bonds is 7. The Morgan fingerprint density at radius 3 is 2.50 bits per heavy atom. The number of carbonyl (C=O) groups is 1. The summed E-state index contributed by atoms with van der Waals surface area (Å²) in [5, 5.41) is 0. The van der Waals surface area contributed by atoms with E-state index >= 15 is 0 Å². The Balaban J connectivity index is 1.21. The second-order valence-electron chi connectivity index (χ2n) is 10.1. The van der Waals surface area contributed by atoms with Gasteiger partial charge in [-0.1, -0.05) is 0 Å². The van der Waals surface area contributed by atoms with Gasteiger partial charge in [0.2, 0.25) is 15.9 Å². The van der Waals surface area contributed by atoms with E-state index in [1.807, 2.05) is 17.0 Å². The highest BCUT2D eigenvalue weighted by molar-refractivity contribution is 7.89. The zero-order valence-corrected chi connectivity index (χ0v) is 22.8. The Labute approximate surface area is 224 Å². The number of piperidine rings is 1. The summed E-state index contributed by atoms with van der Waals surface area (Å²) in [5.74, 6) is 1.90. The molecule has 3 fully saturated rings. The summed E-state index contributed by atoms with van der Waals surface area (Å²) in [6.07, 6.45) is 5.02. The molecule has 0 aromatic carbocycles. The summed E-state index contributed by atoms with van der Waals surface area (Å²) in [6.45, 7) is 9.12. The zero-order valence-electron chi connectivity index (χ0n) is 22.0. The van der Waals surface area contributed by atoms with Crippen molar-refractivity contribution in [2.24, 2.45) is 5.92 Å². The van der Waals surface area contributed by atoms with Crippen LogP contribution in [0.15, 0.2) is 35.5 Å². The first-order valence-electron chi connectivity index (χ1n) is 13.2. The Kier molecular flexibility index (Phi) is 8.12. The van der Waals surface area contributed by atoms with Crippen LogP contribution in [0.2, 0.25) is 0 Å². The Bertz CT molecular complexity index is 1240. The van der Waals surface area contributed by atoms with Gasteiger partial charge >= 0.3 is 0 Å². The summed E-state index contributed by atoms with van der Waals surface area (Å²) >= 11 is 0. The number of nitrogens with zero attached hydrogens (tertiary/aromatic N) is 5. The summed E-state index contributed by atoms with van der Waals surface area (Å²) < 4.78 is 40.5. The standard InChI is InChI=1S/C26H36N6O5S/c1-19-14-24(32-7-3-4-22(18-32)26-36-12-13-37-26)28-17-23(19)38(34,35)29-16-21-5-6-27-25(15-21)31-10-8-30(9-11-31)20(2)33/h5-6,14-15,17,22,26,29H,3-4,7-13,16,18H2,1-2H3. The SMILES string of the molecule is CC(=O)N1CCN(c2cc(CNS(=O)(=O)c3cnc(N4CCCC(C5OCCO5)C4)cc3C)ccn2)CC1. The highest BCUT2D eigenvalue weighted by Crippen LogP contribution is 2.29. The summed E-state index contributed by atoms with van der Waals surface area (Å²) in [4.78, 5) is 26.8. The molecule has 5 rings (SSSR count). The number of aryl methyl sites for hydroxylation is 1. The van der Waals surface area contributed by atoms with Crippen LogP contribution in [0, 0.1) is 12.8 Å². The Hall–Kier alpha value is -2.80. The number of aromatic nitrogens is 2. The van der Waals surface area contributed by atoms with Crippen LogP contribution < -0.4 is 14.5 Å². The van der Waals surface area contributed by atoms with E-state index in [1.54, 1.807) is 26.1 Å². The van der Waals surface area contributed by atoms with Gasteiger partial charge in [-0.3, -0.25) is 4.79 Å². The van der Waals surface area contributed by atoms with Crippen molar-refractivity contribution in [2.75, 3.05) is 62.3 Å². The molecule has 0 bridgehead atoms. The molecule has 206 valence electrons. The van der Waals surface area contributed by atoms with Crippen molar-refractivity contribution in [2.45, 2.75) is 44.4 Å². The van der Waals surface area contributed by atoms with Gasteiger partial charge in [0, 0.05) is 71.0 Å². The van der Waals surface area contributed by atoms with E-state index in [4.69, 9.17) is 9.47 Å². The molecule has 12 heteroatoms. The topological polar surface area (TPSA) is 117 Å². The highest BCUT2D eigenvalue weighted by atomic mass is 32.2. The molecule has 1 N–H and O–H groups in total. The number of anilines is 2. The maximum absolute atomic E-state index is 13.2. The van der Waals surface area contributed by atoms with E-state index in [2.05, 4.69) is 24.5 Å².